The first kappa shape index (κ1) is 19.7. The first-order valence-electron chi connectivity index (χ1n) is 7.86. The third-order valence-electron chi connectivity index (χ3n) is 3.66. The normalized spacial score (nSPS) is 19.3. The molecule has 8 nitrogen and oxygen atoms in total. The minimum atomic E-state index is -3.18. The number of alkyl halides is 2. The molecular formula is C16H21F2N3O5. The van der Waals surface area contributed by atoms with E-state index in [1.807, 2.05) is 0 Å². The summed E-state index contributed by atoms with van der Waals surface area (Å²) in [6.45, 7) is 3.44. The van der Waals surface area contributed by atoms with Gasteiger partial charge in [0.15, 0.2) is 11.6 Å². The van der Waals surface area contributed by atoms with Gasteiger partial charge in [0.1, 0.15) is 5.60 Å². The van der Waals surface area contributed by atoms with Crippen LogP contribution in [0.15, 0.2) is 12.3 Å². The van der Waals surface area contributed by atoms with Crippen LogP contribution in [0.2, 0.25) is 0 Å². The average Bonchev–Trinajstić information content (AvgIpc) is 2.79. The number of carboxylic acids is 1. The number of nitrogens with two attached hydrogens (primary N) is 1. The summed E-state index contributed by atoms with van der Waals surface area (Å²) in [7, 11) is 0. The van der Waals surface area contributed by atoms with Gasteiger partial charge in [0.25, 0.3) is 5.92 Å². The van der Waals surface area contributed by atoms with Crippen molar-refractivity contribution in [2.45, 2.75) is 32.3 Å². The number of carbonyl (C=O) groups is 2. The second-order valence-corrected chi connectivity index (χ2v) is 7.04. The predicted molar refractivity (Wildman–Crippen MR) is 87.3 cm³/mol. The fourth-order valence-electron chi connectivity index (χ4n) is 2.37. The third-order valence-corrected chi connectivity index (χ3v) is 3.66. The molecule has 1 atom stereocenters. The van der Waals surface area contributed by atoms with Gasteiger partial charge >= 0.3 is 12.1 Å². The largest absolute Gasteiger partial charge is 0.489 e. The lowest BCUT2D eigenvalue weighted by Crippen LogP contribution is -2.36. The van der Waals surface area contributed by atoms with Crippen molar-refractivity contribution >= 4 is 17.9 Å². The first-order chi connectivity index (χ1) is 11.9. The number of ether oxygens (including phenoxy) is 2. The van der Waals surface area contributed by atoms with Crippen molar-refractivity contribution in [2.24, 2.45) is 5.92 Å². The highest BCUT2D eigenvalue weighted by atomic mass is 19.3. The molecule has 1 fully saturated rings. The van der Waals surface area contributed by atoms with Crippen molar-refractivity contribution in [3.8, 4) is 5.75 Å². The molecule has 1 unspecified atom stereocenters. The van der Waals surface area contributed by atoms with Gasteiger partial charge in [-0.2, -0.15) is 0 Å². The van der Waals surface area contributed by atoms with Crippen LogP contribution < -0.4 is 10.5 Å². The van der Waals surface area contributed by atoms with Crippen LogP contribution in [-0.2, 0) is 4.74 Å². The Morgan fingerprint density at radius 1 is 1.46 bits per heavy atom. The number of carboxylic acid groups (broad SMARTS) is 1. The van der Waals surface area contributed by atoms with Gasteiger partial charge in [-0.3, -0.25) is 0 Å². The highest BCUT2D eigenvalue weighted by Gasteiger charge is 2.50. The molecule has 1 aliphatic rings. The molecule has 1 amide bonds. The molecule has 1 aromatic rings. The number of rotatable bonds is 4. The van der Waals surface area contributed by atoms with Crippen LogP contribution >= 0.6 is 0 Å². The molecule has 0 radical (unpaired) electrons. The number of aromatic carboxylic acids is 1. The molecule has 0 saturated carbocycles. The van der Waals surface area contributed by atoms with Gasteiger partial charge in [-0.15, -0.1) is 0 Å². The molecular weight excluding hydrogens is 352 g/mol. The standard InChI is InChI=1S/C16H21F2N3O5/c1-15(2,3)26-14(24)21-6-10(16(17,18)8-21)7-25-11-4-9(13(22)23)5-20-12(11)19/h4-5,10H,6-8H2,1-3H3,(H2,19,20)(H,22,23). The number of nitrogen functional groups attached to an aromatic ring is 1. The summed E-state index contributed by atoms with van der Waals surface area (Å²) in [4.78, 5) is 27.5. The highest BCUT2D eigenvalue weighted by Crippen LogP contribution is 2.35. The summed E-state index contributed by atoms with van der Waals surface area (Å²) in [5.74, 6) is -5.92. The van der Waals surface area contributed by atoms with Crippen LogP contribution in [0.5, 0.6) is 5.75 Å². The Kier molecular flexibility index (Phi) is 5.24. The monoisotopic (exact) mass is 373 g/mol. The lowest BCUT2D eigenvalue weighted by atomic mass is 10.1. The maximum atomic E-state index is 14.2. The SMILES string of the molecule is CC(C)(C)OC(=O)N1CC(COc2cc(C(=O)O)cnc2N)C(F)(F)C1. The van der Waals surface area contributed by atoms with Crippen molar-refractivity contribution in [1.29, 1.82) is 0 Å². The van der Waals surface area contributed by atoms with E-state index in [1.54, 1.807) is 20.8 Å². The fraction of sp³-hybridized carbons (Fsp3) is 0.562. The fourth-order valence-corrected chi connectivity index (χ4v) is 2.37. The summed E-state index contributed by atoms with van der Waals surface area (Å²) >= 11 is 0. The first-order valence-corrected chi connectivity index (χ1v) is 7.86. The van der Waals surface area contributed by atoms with E-state index < -0.39 is 42.7 Å². The van der Waals surface area contributed by atoms with Crippen LogP contribution in [0.3, 0.4) is 0 Å². The zero-order valence-electron chi connectivity index (χ0n) is 14.7. The number of anilines is 1. The quantitative estimate of drug-likeness (QED) is 0.832. The zero-order chi connectivity index (χ0) is 19.7. The summed E-state index contributed by atoms with van der Waals surface area (Å²) in [6.07, 6.45) is 0.215. The van der Waals surface area contributed by atoms with Gasteiger partial charge in [0, 0.05) is 18.8 Å². The molecule has 10 heteroatoms. The molecule has 2 rings (SSSR count). The van der Waals surface area contributed by atoms with Gasteiger partial charge in [-0.05, 0) is 20.8 Å². The van der Waals surface area contributed by atoms with E-state index in [0.717, 1.165) is 17.2 Å². The van der Waals surface area contributed by atoms with Gasteiger partial charge in [0.2, 0.25) is 0 Å². The van der Waals surface area contributed by atoms with Crippen molar-refractivity contribution in [1.82, 2.24) is 9.88 Å². The topological polar surface area (TPSA) is 115 Å². The molecule has 0 bridgehead atoms. The van der Waals surface area contributed by atoms with Crippen LogP contribution in [0.4, 0.5) is 19.4 Å². The van der Waals surface area contributed by atoms with E-state index in [2.05, 4.69) is 4.98 Å². The van der Waals surface area contributed by atoms with Gasteiger partial charge in [-0.25, -0.2) is 23.4 Å². The van der Waals surface area contributed by atoms with E-state index in [1.165, 1.54) is 0 Å². The van der Waals surface area contributed by atoms with Crippen LogP contribution in [-0.4, -0.2) is 58.3 Å². The van der Waals surface area contributed by atoms with Gasteiger partial charge in [0.05, 0.1) is 24.6 Å². The maximum absolute atomic E-state index is 14.2. The molecule has 0 aromatic carbocycles. The van der Waals surface area contributed by atoms with Crippen molar-refractivity contribution in [3.63, 3.8) is 0 Å². The molecule has 0 aliphatic carbocycles. The summed E-state index contributed by atoms with van der Waals surface area (Å²) in [5.41, 5.74) is 4.61. The van der Waals surface area contributed by atoms with Crippen LogP contribution in [0.1, 0.15) is 31.1 Å². The number of nitrogens with zero attached hydrogens (tertiary/aromatic N) is 2. The molecule has 144 valence electrons. The molecule has 2 heterocycles. The lowest BCUT2D eigenvalue weighted by molar-refractivity contribution is -0.0414. The number of carbonyl (C=O) groups excluding carboxylic acids is 1. The lowest BCUT2D eigenvalue weighted by Gasteiger charge is -2.24. The van der Waals surface area contributed by atoms with Crippen molar-refractivity contribution in [2.75, 3.05) is 25.4 Å². The van der Waals surface area contributed by atoms with E-state index in [4.69, 9.17) is 20.3 Å². The van der Waals surface area contributed by atoms with Crippen LogP contribution in [0.25, 0.3) is 0 Å². The van der Waals surface area contributed by atoms with Crippen molar-refractivity contribution < 1.29 is 33.0 Å². The van der Waals surface area contributed by atoms with Crippen LogP contribution in [0, 0.1) is 5.92 Å². The van der Waals surface area contributed by atoms with Gasteiger partial charge < -0.3 is 25.2 Å². The number of hydrogen-bond donors (Lipinski definition) is 2. The van der Waals surface area contributed by atoms with Gasteiger partial charge in [-0.1, -0.05) is 0 Å². The third kappa shape index (κ3) is 4.70. The van der Waals surface area contributed by atoms with E-state index >= 15 is 0 Å². The average molecular weight is 373 g/mol. The Morgan fingerprint density at radius 2 is 2.12 bits per heavy atom. The number of amides is 1. The Labute approximate surface area is 148 Å². The number of hydrogen-bond acceptors (Lipinski definition) is 6. The second kappa shape index (κ2) is 6.93. The Hall–Kier alpha value is -2.65. The van der Waals surface area contributed by atoms with E-state index in [0.29, 0.717) is 0 Å². The summed E-state index contributed by atoms with van der Waals surface area (Å²) in [5, 5.41) is 8.94. The predicted octanol–water partition coefficient (Wildman–Crippen LogP) is 2.24. The molecule has 1 saturated heterocycles. The number of pyridine rings is 1. The second-order valence-electron chi connectivity index (χ2n) is 7.04. The Balaban J connectivity index is 2.04. The number of likely N-dealkylation sites (tertiary alicyclic amines) is 1. The number of aromatic nitrogens is 1. The number of halogens is 2. The minimum absolute atomic E-state index is 0.101. The zero-order valence-corrected chi connectivity index (χ0v) is 14.7. The molecule has 1 aliphatic heterocycles. The van der Waals surface area contributed by atoms with Crippen molar-refractivity contribution in [3.05, 3.63) is 17.8 Å². The Morgan fingerprint density at radius 3 is 2.69 bits per heavy atom. The molecule has 1 aromatic heterocycles. The minimum Gasteiger partial charge on any atom is -0.489 e. The highest BCUT2D eigenvalue weighted by molar-refractivity contribution is 5.88. The summed E-state index contributed by atoms with van der Waals surface area (Å²) < 4.78 is 38.8. The maximum Gasteiger partial charge on any atom is 0.410 e. The Bertz CT molecular complexity index is 706. The summed E-state index contributed by atoms with van der Waals surface area (Å²) in [6, 6.07) is 1.11. The molecule has 26 heavy (non-hydrogen) atoms. The van der Waals surface area contributed by atoms with E-state index in [9.17, 15) is 18.4 Å². The molecule has 0 spiro atoms. The smallest absolute Gasteiger partial charge is 0.410 e. The molecule has 3 N–H and O–H groups in total. The van der Waals surface area contributed by atoms with E-state index in [-0.39, 0.29) is 23.7 Å².